The Hall–Kier alpha value is -3.07. The minimum atomic E-state index is -4.19. The Labute approximate surface area is 228 Å². The lowest BCUT2D eigenvalue weighted by Crippen LogP contribution is -2.51. The van der Waals surface area contributed by atoms with Crippen LogP contribution in [0.1, 0.15) is 24.5 Å². The Morgan fingerprint density at radius 3 is 2.11 bits per heavy atom. The lowest BCUT2D eigenvalue weighted by molar-refractivity contribution is -0.140. The number of amides is 2. The van der Waals surface area contributed by atoms with E-state index in [1.807, 2.05) is 31.2 Å². The van der Waals surface area contributed by atoms with E-state index in [1.165, 1.54) is 42.3 Å². The number of rotatable bonds is 10. The van der Waals surface area contributed by atoms with Crippen molar-refractivity contribution in [1.82, 2.24) is 10.2 Å². The molecule has 0 unspecified atom stereocenters. The van der Waals surface area contributed by atoms with Crippen LogP contribution in [-0.4, -0.2) is 44.8 Å². The normalized spacial score (nSPS) is 12.0. The average Bonchev–Trinajstić information content (AvgIpc) is 2.87. The molecule has 1 N–H and O–H groups in total. The Kier molecular flexibility index (Phi) is 9.59. The topological polar surface area (TPSA) is 86.8 Å². The summed E-state index contributed by atoms with van der Waals surface area (Å²) in [6.07, 6.45) is 0.339. The van der Waals surface area contributed by atoms with Crippen LogP contribution in [0.3, 0.4) is 0 Å². The van der Waals surface area contributed by atoms with Crippen molar-refractivity contribution in [3.8, 4) is 0 Å². The zero-order valence-electron chi connectivity index (χ0n) is 20.8. The van der Waals surface area contributed by atoms with E-state index in [9.17, 15) is 18.0 Å². The van der Waals surface area contributed by atoms with Crippen LogP contribution in [0.2, 0.25) is 10.0 Å². The van der Waals surface area contributed by atoms with E-state index in [2.05, 4.69) is 5.32 Å². The smallest absolute Gasteiger partial charge is 0.264 e. The molecule has 7 nitrogen and oxygen atoms in total. The van der Waals surface area contributed by atoms with Gasteiger partial charge in [0.1, 0.15) is 12.6 Å². The summed E-state index contributed by atoms with van der Waals surface area (Å²) >= 11 is 12.4. The highest BCUT2D eigenvalue weighted by atomic mass is 35.5. The SMILES string of the molecule is CC[C@H](C(=O)NC)N(Cc1ccccc1C)C(=O)CN(c1cc(Cl)cc(Cl)c1)S(=O)(=O)c1ccccc1. The van der Waals surface area contributed by atoms with Gasteiger partial charge in [-0.1, -0.05) is 72.6 Å². The molecule has 3 aromatic rings. The highest BCUT2D eigenvalue weighted by molar-refractivity contribution is 7.92. The summed E-state index contributed by atoms with van der Waals surface area (Å²) in [5, 5.41) is 3.05. The maximum Gasteiger partial charge on any atom is 0.264 e. The Balaban J connectivity index is 2.10. The monoisotopic (exact) mass is 561 g/mol. The molecule has 0 aliphatic carbocycles. The largest absolute Gasteiger partial charge is 0.357 e. The third-order valence-electron chi connectivity index (χ3n) is 5.98. The van der Waals surface area contributed by atoms with E-state index >= 15 is 0 Å². The number of benzene rings is 3. The molecule has 0 spiro atoms. The summed E-state index contributed by atoms with van der Waals surface area (Å²) in [5.74, 6) is -0.887. The molecule has 0 aliphatic heterocycles. The number of halogens is 2. The van der Waals surface area contributed by atoms with Gasteiger partial charge in [0.15, 0.2) is 0 Å². The van der Waals surface area contributed by atoms with Crippen LogP contribution in [0, 0.1) is 6.92 Å². The average molecular weight is 563 g/mol. The zero-order valence-corrected chi connectivity index (χ0v) is 23.1. The molecular formula is C27H29Cl2N3O4S. The number of nitrogens with zero attached hydrogens (tertiary/aromatic N) is 2. The minimum Gasteiger partial charge on any atom is -0.357 e. The highest BCUT2D eigenvalue weighted by Gasteiger charge is 2.33. The number of hydrogen-bond donors (Lipinski definition) is 1. The molecule has 2 amide bonds. The van der Waals surface area contributed by atoms with Gasteiger partial charge in [-0.15, -0.1) is 0 Å². The first kappa shape index (κ1) is 28.5. The first-order chi connectivity index (χ1) is 17.6. The first-order valence-corrected chi connectivity index (χ1v) is 13.9. The van der Waals surface area contributed by atoms with Crippen LogP contribution in [0.25, 0.3) is 0 Å². The number of carbonyl (C=O) groups excluding carboxylic acids is 2. The predicted molar refractivity (Wildman–Crippen MR) is 147 cm³/mol. The number of sulfonamides is 1. The van der Waals surface area contributed by atoms with Gasteiger partial charge in [0.05, 0.1) is 10.6 Å². The lowest BCUT2D eigenvalue weighted by Gasteiger charge is -2.33. The van der Waals surface area contributed by atoms with Crippen LogP contribution in [0.5, 0.6) is 0 Å². The third-order valence-corrected chi connectivity index (χ3v) is 8.20. The molecule has 0 fully saturated rings. The van der Waals surface area contributed by atoms with E-state index in [0.717, 1.165) is 15.4 Å². The number of likely N-dealkylation sites (N-methyl/N-ethyl adjacent to an activating group) is 1. The zero-order chi connectivity index (χ0) is 27.2. The quantitative estimate of drug-likeness (QED) is 0.375. The first-order valence-electron chi connectivity index (χ1n) is 11.7. The standard InChI is InChI=1S/C27H29Cl2N3O4S/c1-4-25(27(34)30-3)31(17-20-11-9-8-10-19(20)2)26(33)18-32(23-15-21(28)14-22(29)16-23)37(35,36)24-12-6-5-7-13-24/h5-16,25H,4,17-18H2,1-3H3,(H,30,34)/t25-/m1/s1. The summed E-state index contributed by atoms with van der Waals surface area (Å²) in [7, 11) is -2.69. The molecule has 0 aliphatic rings. The molecule has 0 radical (unpaired) electrons. The van der Waals surface area contributed by atoms with Crippen LogP contribution in [0.15, 0.2) is 77.7 Å². The molecule has 0 bridgehead atoms. The third kappa shape index (κ3) is 6.83. The van der Waals surface area contributed by atoms with Crippen LogP contribution >= 0.6 is 23.2 Å². The second kappa shape index (κ2) is 12.4. The molecule has 1 atom stereocenters. The van der Waals surface area contributed by atoms with Crippen molar-refractivity contribution in [1.29, 1.82) is 0 Å². The van der Waals surface area contributed by atoms with Crippen molar-refractivity contribution in [3.05, 3.63) is 94.0 Å². The summed E-state index contributed by atoms with van der Waals surface area (Å²) in [5.41, 5.74) is 1.93. The fourth-order valence-corrected chi connectivity index (χ4v) is 5.92. The Morgan fingerprint density at radius 2 is 1.54 bits per heavy atom. The molecular weight excluding hydrogens is 533 g/mol. The number of aryl methyl sites for hydroxylation is 1. The van der Waals surface area contributed by atoms with Crippen LogP contribution in [-0.2, 0) is 26.2 Å². The number of nitrogens with one attached hydrogen (secondary N) is 1. The van der Waals surface area contributed by atoms with E-state index in [0.29, 0.717) is 6.42 Å². The van der Waals surface area contributed by atoms with Crippen LogP contribution < -0.4 is 9.62 Å². The maximum atomic E-state index is 13.9. The molecule has 10 heteroatoms. The van der Waals surface area contributed by atoms with Gasteiger partial charge in [-0.05, 0) is 54.8 Å². The second-order valence-electron chi connectivity index (χ2n) is 8.44. The van der Waals surface area contributed by atoms with Crippen molar-refractivity contribution in [2.24, 2.45) is 0 Å². The van der Waals surface area contributed by atoms with Crippen LogP contribution in [0.4, 0.5) is 5.69 Å². The van der Waals surface area contributed by atoms with Gasteiger partial charge >= 0.3 is 0 Å². The van der Waals surface area contributed by atoms with E-state index < -0.39 is 28.5 Å². The van der Waals surface area contributed by atoms with E-state index in [1.54, 1.807) is 25.1 Å². The molecule has 196 valence electrons. The van der Waals surface area contributed by atoms with E-state index in [-0.39, 0.29) is 33.1 Å². The lowest BCUT2D eigenvalue weighted by atomic mass is 10.1. The Morgan fingerprint density at radius 1 is 0.946 bits per heavy atom. The summed E-state index contributed by atoms with van der Waals surface area (Å²) in [6.45, 7) is 3.28. The molecule has 37 heavy (non-hydrogen) atoms. The molecule has 3 rings (SSSR count). The maximum absolute atomic E-state index is 13.9. The molecule has 0 saturated carbocycles. The van der Waals surface area contributed by atoms with E-state index in [4.69, 9.17) is 23.2 Å². The minimum absolute atomic E-state index is 0.00249. The van der Waals surface area contributed by atoms with Crippen molar-refractivity contribution < 1.29 is 18.0 Å². The van der Waals surface area contributed by atoms with Gasteiger partial charge in [-0.2, -0.15) is 0 Å². The van der Waals surface area contributed by atoms with Crippen molar-refractivity contribution >= 4 is 50.7 Å². The molecule has 0 heterocycles. The fourth-order valence-electron chi connectivity index (χ4n) is 3.99. The summed E-state index contributed by atoms with van der Waals surface area (Å²) in [4.78, 5) is 28.1. The molecule has 3 aromatic carbocycles. The van der Waals surface area contributed by atoms with Gasteiger partial charge in [0.2, 0.25) is 11.8 Å². The molecule has 0 saturated heterocycles. The van der Waals surface area contributed by atoms with Gasteiger partial charge in [0.25, 0.3) is 10.0 Å². The second-order valence-corrected chi connectivity index (χ2v) is 11.2. The van der Waals surface area contributed by atoms with Crippen molar-refractivity contribution in [3.63, 3.8) is 0 Å². The van der Waals surface area contributed by atoms with Gasteiger partial charge in [-0.25, -0.2) is 8.42 Å². The van der Waals surface area contributed by atoms with Gasteiger partial charge < -0.3 is 10.2 Å². The Bertz CT molecular complexity index is 1350. The molecule has 0 aromatic heterocycles. The van der Waals surface area contributed by atoms with Gasteiger partial charge in [-0.3, -0.25) is 13.9 Å². The fraction of sp³-hybridized carbons (Fsp3) is 0.259. The highest BCUT2D eigenvalue weighted by Crippen LogP contribution is 2.30. The number of carbonyl (C=O) groups is 2. The summed E-state index contributed by atoms with van der Waals surface area (Å²) in [6, 6.07) is 18.9. The van der Waals surface area contributed by atoms with Gasteiger partial charge in [0, 0.05) is 23.6 Å². The predicted octanol–water partition coefficient (Wildman–Crippen LogP) is 5.05. The van der Waals surface area contributed by atoms with Crippen molar-refractivity contribution in [2.45, 2.75) is 37.8 Å². The number of hydrogen-bond acceptors (Lipinski definition) is 4. The van der Waals surface area contributed by atoms with Crippen molar-refractivity contribution in [2.75, 3.05) is 17.9 Å². The number of anilines is 1. The summed E-state index contributed by atoms with van der Waals surface area (Å²) < 4.78 is 28.5.